The van der Waals surface area contributed by atoms with Crippen LogP contribution < -0.4 is 25.6 Å². The number of hydrogen-bond acceptors (Lipinski definition) is 6. The maximum atomic E-state index is 12.5. The third-order valence-electron chi connectivity index (χ3n) is 3.46. The molecule has 0 radical (unpaired) electrons. The lowest BCUT2D eigenvalue weighted by atomic mass is 10.2. The van der Waals surface area contributed by atoms with E-state index in [-0.39, 0.29) is 18.3 Å². The minimum Gasteiger partial charge on any atom is -0.490 e. The highest BCUT2D eigenvalue weighted by atomic mass is 32.1. The van der Waals surface area contributed by atoms with Crippen LogP contribution in [0.3, 0.4) is 0 Å². The summed E-state index contributed by atoms with van der Waals surface area (Å²) in [6, 6.07) is 16.1. The first-order chi connectivity index (χ1) is 14.1. The summed E-state index contributed by atoms with van der Waals surface area (Å²) in [5.74, 6) is 0.251. The SMILES string of the molecule is CCOCC(=O)NNC(=S)NC(=O)c1ccccc1OCCOc1ccccc1. The van der Waals surface area contributed by atoms with E-state index in [1.54, 1.807) is 31.2 Å². The summed E-state index contributed by atoms with van der Waals surface area (Å²) in [5.41, 5.74) is 5.07. The number of hydrogen-bond donors (Lipinski definition) is 3. The molecule has 9 heteroatoms. The second-order valence-electron chi connectivity index (χ2n) is 5.60. The molecule has 3 N–H and O–H groups in total. The van der Waals surface area contributed by atoms with E-state index in [1.165, 1.54) is 0 Å². The van der Waals surface area contributed by atoms with Crippen LogP contribution in [-0.4, -0.2) is 43.4 Å². The molecule has 8 nitrogen and oxygen atoms in total. The molecule has 0 aliphatic heterocycles. The summed E-state index contributed by atoms with van der Waals surface area (Å²) in [7, 11) is 0. The minimum atomic E-state index is -0.471. The van der Waals surface area contributed by atoms with Gasteiger partial charge in [-0.3, -0.25) is 25.8 Å². The van der Waals surface area contributed by atoms with Crippen molar-refractivity contribution in [2.75, 3.05) is 26.4 Å². The number of thiocarbonyl (C=S) groups is 1. The van der Waals surface area contributed by atoms with Crippen LogP contribution in [0.5, 0.6) is 11.5 Å². The predicted molar refractivity (Wildman–Crippen MR) is 112 cm³/mol. The van der Waals surface area contributed by atoms with E-state index in [0.717, 1.165) is 5.75 Å². The number of amides is 2. The third kappa shape index (κ3) is 8.16. The highest BCUT2D eigenvalue weighted by Gasteiger charge is 2.14. The topological polar surface area (TPSA) is 97.9 Å². The van der Waals surface area contributed by atoms with Gasteiger partial charge in [0.15, 0.2) is 5.11 Å². The first kappa shape index (κ1) is 22.1. The number of carbonyl (C=O) groups excluding carboxylic acids is 2. The molecule has 2 rings (SSSR count). The van der Waals surface area contributed by atoms with Crippen molar-refractivity contribution in [2.45, 2.75) is 6.92 Å². The van der Waals surface area contributed by atoms with Gasteiger partial charge in [0.1, 0.15) is 31.3 Å². The average Bonchev–Trinajstić information content (AvgIpc) is 2.74. The molecule has 0 saturated heterocycles. The van der Waals surface area contributed by atoms with Crippen LogP contribution in [0.4, 0.5) is 0 Å². The van der Waals surface area contributed by atoms with Gasteiger partial charge in [0.2, 0.25) is 0 Å². The van der Waals surface area contributed by atoms with Crippen molar-refractivity contribution in [3.05, 3.63) is 60.2 Å². The van der Waals surface area contributed by atoms with Gasteiger partial charge < -0.3 is 14.2 Å². The first-order valence-electron chi connectivity index (χ1n) is 8.97. The average molecular weight is 417 g/mol. The van der Waals surface area contributed by atoms with E-state index in [9.17, 15) is 9.59 Å². The highest BCUT2D eigenvalue weighted by molar-refractivity contribution is 7.80. The number of para-hydroxylation sites is 2. The second kappa shape index (κ2) is 12.3. The molecule has 0 fully saturated rings. The largest absolute Gasteiger partial charge is 0.490 e. The number of ether oxygens (including phenoxy) is 3. The van der Waals surface area contributed by atoms with E-state index in [2.05, 4.69) is 16.2 Å². The fourth-order valence-corrected chi connectivity index (χ4v) is 2.31. The van der Waals surface area contributed by atoms with Crippen molar-refractivity contribution >= 4 is 29.1 Å². The fourth-order valence-electron chi connectivity index (χ4n) is 2.17. The van der Waals surface area contributed by atoms with Crippen molar-refractivity contribution in [2.24, 2.45) is 0 Å². The van der Waals surface area contributed by atoms with Crippen molar-refractivity contribution in [1.82, 2.24) is 16.2 Å². The second-order valence-corrected chi connectivity index (χ2v) is 6.01. The molecule has 0 unspecified atom stereocenters. The number of hydrazine groups is 1. The van der Waals surface area contributed by atoms with Crippen molar-refractivity contribution in [1.29, 1.82) is 0 Å². The van der Waals surface area contributed by atoms with Crippen LogP contribution in [0.2, 0.25) is 0 Å². The van der Waals surface area contributed by atoms with Crippen LogP contribution >= 0.6 is 12.2 Å². The van der Waals surface area contributed by atoms with Crippen LogP contribution in [-0.2, 0) is 9.53 Å². The normalized spacial score (nSPS) is 9.97. The smallest absolute Gasteiger partial charge is 0.264 e. The molecule has 0 spiro atoms. The van der Waals surface area contributed by atoms with Crippen molar-refractivity contribution in [3.63, 3.8) is 0 Å². The van der Waals surface area contributed by atoms with Crippen molar-refractivity contribution < 1.29 is 23.8 Å². The quantitative estimate of drug-likeness (QED) is 0.325. The zero-order valence-electron chi connectivity index (χ0n) is 16.0. The molecular formula is C20H23N3O5S. The Bertz CT molecular complexity index is 817. The van der Waals surface area contributed by atoms with Crippen LogP contribution in [0.1, 0.15) is 17.3 Å². The molecule has 0 bridgehead atoms. The Morgan fingerprint density at radius 3 is 2.38 bits per heavy atom. The monoisotopic (exact) mass is 417 g/mol. The molecule has 29 heavy (non-hydrogen) atoms. The summed E-state index contributed by atoms with van der Waals surface area (Å²) in [6.07, 6.45) is 0. The summed E-state index contributed by atoms with van der Waals surface area (Å²) >= 11 is 5.01. The lowest BCUT2D eigenvalue weighted by Crippen LogP contribution is -2.49. The van der Waals surface area contributed by atoms with E-state index >= 15 is 0 Å². The van der Waals surface area contributed by atoms with Gasteiger partial charge in [-0.25, -0.2) is 0 Å². The maximum absolute atomic E-state index is 12.5. The summed E-state index contributed by atoms with van der Waals surface area (Å²) in [6.45, 7) is 2.67. The minimum absolute atomic E-state index is 0.0536. The Kier molecular flexibility index (Phi) is 9.40. The number of benzene rings is 2. The summed E-state index contributed by atoms with van der Waals surface area (Å²) in [5, 5.41) is 2.43. The molecule has 0 atom stereocenters. The van der Waals surface area contributed by atoms with E-state index in [4.69, 9.17) is 26.4 Å². The zero-order chi connectivity index (χ0) is 20.9. The molecule has 0 aliphatic carbocycles. The Balaban J connectivity index is 1.81. The van der Waals surface area contributed by atoms with Crippen LogP contribution in [0.25, 0.3) is 0 Å². The molecule has 2 amide bonds. The van der Waals surface area contributed by atoms with Gasteiger partial charge in [-0.2, -0.15) is 0 Å². The third-order valence-corrected chi connectivity index (χ3v) is 3.67. The van der Waals surface area contributed by atoms with Gasteiger partial charge in [-0.15, -0.1) is 0 Å². The summed E-state index contributed by atoms with van der Waals surface area (Å²) < 4.78 is 16.2. The zero-order valence-corrected chi connectivity index (χ0v) is 16.8. The Hall–Kier alpha value is -3.17. The van der Waals surface area contributed by atoms with Gasteiger partial charge in [0.25, 0.3) is 11.8 Å². The molecule has 154 valence electrons. The number of rotatable bonds is 9. The van der Waals surface area contributed by atoms with Crippen LogP contribution in [0.15, 0.2) is 54.6 Å². The molecule has 0 saturated carbocycles. The predicted octanol–water partition coefficient (Wildman–Crippen LogP) is 1.82. The molecule has 0 aliphatic rings. The molecule has 0 heterocycles. The lowest BCUT2D eigenvalue weighted by molar-refractivity contribution is -0.126. The Labute approximate surface area is 174 Å². The van der Waals surface area contributed by atoms with E-state index < -0.39 is 11.8 Å². The Morgan fingerprint density at radius 2 is 1.62 bits per heavy atom. The first-order valence-corrected chi connectivity index (χ1v) is 9.38. The van der Waals surface area contributed by atoms with Gasteiger partial charge >= 0.3 is 0 Å². The van der Waals surface area contributed by atoms with E-state index in [1.807, 2.05) is 30.3 Å². The fraction of sp³-hybridized carbons (Fsp3) is 0.250. The molecular weight excluding hydrogens is 394 g/mol. The van der Waals surface area contributed by atoms with E-state index in [0.29, 0.717) is 24.5 Å². The molecule has 0 aromatic heterocycles. The number of carbonyl (C=O) groups is 2. The Morgan fingerprint density at radius 1 is 0.931 bits per heavy atom. The van der Waals surface area contributed by atoms with Gasteiger partial charge in [-0.1, -0.05) is 30.3 Å². The molecule has 2 aromatic rings. The van der Waals surface area contributed by atoms with Gasteiger partial charge in [0.05, 0.1) is 5.56 Å². The highest BCUT2D eigenvalue weighted by Crippen LogP contribution is 2.18. The van der Waals surface area contributed by atoms with Crippen LogP contribution in [0, 0.1) is 0 Å². The standard InChI is InChI=1S/C20H23N3O5S/c1-2-26-14-18(24)22-23-20(29)21-19(25)16-10-6-7-11-17(16)28-13-12-27-15-8-4-3-5-9-15/h3-11H,2,12-14H2,1H3,(H,22,24)(H2,21,23,25,29). The van der Waals surface area contributed by atoms with Crippen molar-refractivity contribution in [3.8, 4) is 11.5 Å². The summed E-state index contributed by atoms with van der Waals surface area (Å²) in [4.78, 5) is 23.9. The van der Waals surface area contributed by atoms with Gasteiger partial charge in [-0.05, 0) is 43.4 Å². The maximum Gasteiger partial charge on any atom is 0.264 e. The lowest BCUT2D eigenvalue weighted by Gasteiger charge is -2.14. The molecule has 2 aromatic carbocycles. The van der Waals surface area contributed by atoms with Gasteiger partial charge in [0, 0.05) is 6.61 Å². The number of nitrogens with one attached hydrogen (secondary N) is 3.